The molecule has 108 valence electrons. The normalized spacial score (nSPS) is 11.8. The Morgan fingerprint density at radius 3 is 2.85 bits per heavy atom. The third-order valence-corrected chi connectivity index (χ3v) is 2.23. The highest BCUT2D eigenvalue weighted by Gasteiger charge is 2.27. The Morgan fingerprint density at radius 1 is 1.35 bits per heavy atom. The molecule has 0 atom stereocenters. The second-order valence-electron chi connectivity index (χ2n) is 3.83. The molecule has 0 saturated carbocycles. The van der Waals surface area contributed by atoms with Gasteiger partial charge >= 0.3 is 6.18 Å². The van der Waals surface area contributed by atoms with Crippen molar-refractivity contribution in [3.8, 4) is 17.2 Å². The lowest BCUT2D eigenvalue weighted by Gasteiger charge is -2.05. The number of rotatable bonds is 5. The number of aromatic hydroxyl groups is 1. The maximum absolute atomic E-state index is 11.8. The Bertz CT molecular complexity index is 571. The topological polar surface area (TPSA) is 81.3 Å². The zero-order valence-corrected chi connectivity index (χ0v) is 10.1. The van der Waals surface area contributed by atoms with E-state index in [1.807, 2.05) is 0 Å². The summed E-state index contributed by atoms with van der Waals surface area (Å²) in [4.78, 5) is 7.64. The first-order chi connectivity index (χ1) is 9.46. The lowest BCUT2D eigenvalue weighted by molar-refractivity contribution is -0.173. The van der Waals surface area contributed by atoms with Crippen LogP contribution in [0.2, 0.25) is 0 Å². The van der Waals surface area contributed by atoms with Gasteiger partial charge in [-0.25, -0.2) is 0 Å². The van der Waals surface area contributed by atoms with Gasteiger partial charge in [-0.1, -0.05) is 5.16 Å². The number of alkyl halides is 3. The van der Waals surface area contributed by atoms with Crippen molar-refractivity contribution in [2.24, 2.45) is 0 Å². The van der Waals surface area contributed by atoms with E-state index in [4.69, 9.17) is 4.52 Å². The molecule has 2 aromatic rings. The molecule has 0 fully saturated rings. The van der Waals surface area contributed by atoms with Crippen molar-refractivity contribution in [2.45, 2.75) is 12.6 Å². The number of hydrogen-bond acceptors (Lipinski definition) is 6. The van der Waals surface area contributed by atoms with Crippen LogP contribution in [0.4, 0.5) is 13.2 Å². The molecule has 0 unspecified atom stereocenters. The fourth-order valence-electron chi connectivity index (χ4n) is 1.38. The maximum atomic E-state index is 11.8. The fourth-order valence-corrected chi connectivity index (χ4v) is 1.38. The van der Waals surface area contributed by atoms with Gasteiger partial charge < -0.3 is 14.4 Å². The average molecular weight is 289 g/mol. The van der Waals surface area contributed by atoms with Crippen molar-refractivity contribution >= 4 is 0 Å². The van der Waals surface area contributed by atoms with Crippen molar-refractivity contribution in [3.05, 3.63) is 24.3 Å². The van der Waals surface area contributed by atoms with Crippen LogP contribution in [-0.4, -0.2) is 39.6 Å². The predicted octanol–water partition coefficient (Wildman–Crippen LogP) is 1.96. The van der Waals surface area contributed by atoms with Crippen LogP contribution in [0.25, 0.3) is 11.5 Å². The summed E-state index contributed by atoms with van der Waals surface area (Å²) in [5.74, 6) is 0.130. The van der Waals surface area contributed by atoms with Gasteiger partial charge in [-0.05, 0) is 6.07 Å². The van der Waals surface area contributed by atoms with Gasteiger partial charge in [0.25, 0.3) is 5.89 Å². The highest BCUT2D eigenvalue weighted by atomic mass is 19.4. The molecule has 0 spiro atoms. The highest BCUT2D eigenvalue weighted by Crippen LogP contribution is 2.25. The van der Waals surface area contributed by atoms with Crippen molar-refractivity contribution in [1.29, 1.82) is 0 Å². The second kappa shape index (κ2) is 5.87. The van der Waals surface area contributed by atoms with Gasteiger partial charge in [-0.2, -0.15) is 18.2 Å². The van der Waals surface area contributed by atoms with Crippen LogP contribution < -0.4 is 0 Å². The molecule has 2 heterocycles. The highest BCUT2D eigenvalue weighted by molar-refractivity contribution is 5.60. The van der Waals surface area contributed by atoms with E-state index in [-0.39, 0.29) is 30.5 Å². The SMILES string of the molecule is Oc1cnccc1-c1nc(CCOCC(F)(F)F)no1. The number of aromatic nitrogens is 3. The number of pyridine rings is 1. The Kier molecular flexibility index (Phi) is 4.18. The smallest absolute Gasteiger partial charge is 0.411 e. The average Bonchev–Trinajstić information content (AvgIpc) is 2.83. The molecule has 0 aliphatic carbocycles. The third kappa shape index (κ3) is 3.92. The maximum Gasteiger partial charge on any atom is 0.411 e. The van der Waals surface area contributed by atoms with E-state index >= 15 is 0 Å². The van der Waals surface area contributed by atoms with Crippen LogP contribution in [0.15, 0.2) is 23.0 Å². The van der Waals surface area contributed by atoms with E-state index in [9.17, 15) is 18.3 Å². The van der Waals surface area contributed by atoms with Gasteiger partial charge in [-0.15, -0.1) is 0 Å². The van der Waals surface area contributed by atoms with Crippen LogP contribution in [-0.2, 0) is 11.2 Å². The summed E-state index contributed by atoms with van der Waals surface area (Å²) < 4.78 is 44.9. The van der Waals surface area contributed by atoms with Crippen molar-refractivity contribution in [2.75, 3.05) is 13.2 Å². The lowest BCUT2D eigenvalue weighted by Crippen LogP contribution is -2.18. The van der Waals surface area contributed by atoms with Crippen molar-refractivity contribution in [1.82, 2.24) is 15.1 Å². The first-order valence-corrected chi connectivity index (χ1v) is 5.56. The van der Waals surface area contributed by atoms with Crippen molar-refractivity contribution in [3.63, 3.8) is 0 Å². The largest absolute Gasteiger partial charge is 0.505 e. The monoisotopic (exact) mass is 289 g/mol. The summed E-state index contributed by atoms with van der Waals surface area (Å²) in [7, 11) is 0. The van der Waals surface area contributed by atoms with Gasteiger partial charge in [0.05, 0.1) is 18.4 Å². The molecule has 2 rings (SSSR count). The van der Waals surface area contributed by atoms with E-state index in [0.717, 1.165) is 0 Å². The zero-order valence-electron chi connectivity index (χ0n) is 10.1. The van der Waals surface area contributed by atoms with E-state index in [1.54, 1.807) is 0 Å². The molecule has 0 radical (unpaired) electrons. The fraction of sp³-hybridized carbons (Fsp3) is 0.364. The van der Waals surface area contributed by atoms with Gasteiger partial charge in [0.15, 0.2) is 5.82 Å². The number of nitrogens with zero attached hydrogens (tertiary/aromatic N) is 3. The third-order valence-electron chi connectivity index (χ3n) is 2.23. The summed E-state index contributed by atoms with van der Waals surface area (Å²) in [5, 5.41) is 13.1. The molecule has 0 aromatic carbocycles. The van der Waals surface area contributed by atoms with Crippen LogP contribution in [0, 0.1) is 0 Å². The standard InChI is InChI=1S/C11H10F3N3O3/c12-11(13,14)6-19-4-2-9-16-10(20-17-9)7-1-3-15-5-8(7)18/h1,3,5,18H,2,4,6H2. The lowest BCUT2D eigenvalue weighted by atomic mass is 10.2. The zero-order chi connectivity index (χ0) is 14.6. The predicted molar refractivity (Wildman–Crippen MR) is 59.8 cm³/mol. The molecule has 0 amide bonds. The number of ether oxygens (including phenoxy) is 1. The van der Waals surface area contributed by atoms with Gasteiger partial charge in [0, 0.05) is 12.6 Å². The first-order valence-electron chi connectivity index (χ1n) is 5.56. The van der Waals surface area contributed by atoms with Crippen molar-refractivity contribution < 1.29 is 27.5 Å². The molecule has 9 heteroatoms. The second-order valence-corrected chi connectivity index (χ2v) is 3.83. The van der Waals surface area contributed by atoms with E-state index in [1.165, 1.54) is 18.5 Å². The molecular formula is C11H10F3N3O3. The molecular weight excluding hydrogens is 279 g/mol. The molecule has 0 aliphatic rings. The minimum Gasteiger partial charge on any atom is -0.505 e. The minimum absolute atomic E-state index is 0.0655. The summed E-state index contributed by atoms with van der Waals surface area (Å²) in [6.07, 6.45) is -1.63. The van der Waals surface area contributed by atoms with Crippen LogP contribution in [0.3, 0.4) is 0 Å². The Balaban J connectivity index is 1.92. The van der Waals surface area contributed by atoms with E-state index < -0.39 is 12.8 Å². The molecule has 6 nitrogen and oxygen atoms in total. The van der Waals surface area contributed by atoms with Crippen LogP contribution in [0.5, 0.6) is 5.75 Å². The van der Waals surface area contributed by atoms with Crippen LogP contribution >= 0.6 is 0 Å². The Labute approximate surface area is 111 Å². The molecule has 1 N–H and O–H groups in total. The Morgan fingerprint density at radius 2 is 2.15 bits per heavy atom. The van der Waals surface area contributed by atoms with Gasteiger partial charge in [0.2, 0.25) is 0 Å². The van der Waals surface area contributed by atoms with E-state index in [0.29, 0.717) is 5.56 Å². The van der Waals surface area contributed by atoms with E-state index in [2.05, 4.69) is 19.9 Å². The summed E-state index contributed by atoms with van der Waals surface area (Å²) >= 11 is 0. The molecule has 20 heavy (non-hydrogen) atoms. The molecule has 2 aromatic heterocycles. The quantitative estimate of drug-likeness (QED) is 0.847. The van der Waals surface area contributed by atoms with Gasteiger partial charge in [-0.3, -0.25) is 4.98 Å². The molecule has 0 bridgehead atoms. The number of hydrogen-bond donors (Lipinski definition) is 1. The Hall–Kier alpha value is -2.16. The van der Waals surface area contributed by atoms with Gasteiger partial charge in [0.1, 0.15) is 12.4 Å². The number of halogens is 3. The summed E-state index contributed by atoms with van der Waals surface area (Å²) in [6, 6.07) is 1.48. The first kappa shape index (κ1) is 14.3. The van der Waals surface area contributed by atoms with Crippen LogP contribution in [0.1, 0.15) is 5.82 Å². The molecule has 0 saturated heterocycles. The molecule has 0 aliphatic heterocycles. The summed E-state index contributed by atoms with van der Waals surface area (Å²) in [5.41, 5.74) is 0.301. The summed E-state index contributed by atoms with van der Waals surface area (Å²) in [6.45, 7) is -1.50. The minimum atomic E-state index is -4.36.